The summed E-state index contributed by atoms with van der Waals surface area (Å²) in [6.07, 6.45) is 0. The minimum Gasteiger partial charge on any atom is -0.477 e. The summed E-state index contributed by atoms with van der Waals surface area (Å²) in [5.41, 5.74) is 0.987. The van der Waals surface area contributed by atoms with Gasteiger partial charge in [-0.05, 0) is 23.1 Å². The molecule has 3 aromatic rings. The maximum Gasteiger partial charge on any atom is 0.354 e. The summed E-state index contributed by atoms with van der Waals surface area (Å²) in [6, 6.07) is 18.7. The zero-order valence-electron chi connectivity index (χ0n) is 11.2. The van der Waals surface area contributed by atoms with Crippen molar-refractivity contribution in [2.24, 2.45) is 0 Å². The van der Waals surface area contributed by atoms with Crippen molar-refractivity contribution < 1.29 is 14.6 Å². The lowest BCUT2D eigenvalue weighted by Gasteiger charge is -2.09. The molecule has 0 spiro atoms. The Labute approximate surface area is 121 Å². The van der Waals surface area contributed by atoms with E-state index in [4.69, 9.17) is 9.84 Å². The van der Waals surface area contributed by atoms with Gasteiger partial charge < -0.3 is 9.84 Å². The normalized spacial score (nSPS) is 10.5. The van der Waals surface area contributed by atoms with Crippen LogP contribution in [0, 0.1) is 0 Å². The number of hydrogen-bond acceptors (Lipinski definition) is 3. The maximum atomic E-state index is 11.2. The molecule has 1 N–H and O–H groups in total. The molecule has 0 unspecified atom stereocenters. The Hall–Kier alpha value is -2.88. The van der Waals surface area contributed by atoms with Crippen LogP contribution in [-0.2, 0) is 6.61 Å². The monoisotopic (exact) mass is 279 g/mol. The first kappa shape index (κ1) is 13.1. The molecule has 0 saturated carbocycles. The fourth-order valence-electron chi connectivity index (χ4n) is 2.11. The number of pyridine rings is 1. The lowest BCUT2D eigenvalue weighted by atomic mass is 10.1. The summed E-state index contributed by atoms with van der Waals surface area (Å²) >= 11 is 0. The van der Waals surface area contributed by atoms with E-state index in [1.165, 1.54) is 0 Å². The molecule has 0 radical (unpaired) electrons. The number of fused-ring (bicyclic) bond motifs is 1. The fourth-order valence-corrected chi connectivity index (χ4v) is 2.11. The molecule has 3 rings (SSSR count). The smallest absolute Gasteiger partial charge is 0.354 e. The number of rotatable bonds is 4. The van der Waals surface area contributed by atoms with Gasteiger partial charge in [-0.15, -0.1) is 0 Å². The summed E-state index contributed by atoms with van der Waals surface area (Å²) < 4.78 is 5.72. The van der Waals surface area contributed by atoms with E-state index in [1.54, 1.807) is 6.07 Å². The van der Waals surface area contributed by atoms with Gasteiger partial charge in [-0.3, -0.25) is 0 Å². The molecule has 1 aromatic heterocycles. The van der Waals surface area contributed by atoms with Crippen molar-refractivity contribution in [2.75, 3.05) is 0 Å². The van der Waals surface area contributed by atoms with Gasteiger partial charge in [-0.2, -0.15) is 0 Å². The van der Waals surface area contributed by atoms with E-state index in [0.717, 1.165) is 16.3 Å². The van der Waals surface area contributed by atoms with Crippen LogP contribution in [0.15, 0.2) is 60.7 Å². The molecule has 0 saturated heterocycles. The molecule has 0 aliphatic rings. The van der Waals surface area contributed by atoms with Gasteiger partial charge in [0.05, 0.1) is 0 Å². The molecule has 0 bridgehead atoms. The molecule has 104 valence electrons. The number of carboxylic acid groups (broad SMARTS) is 1. The van der Waals surface area contributed by atoms with Crippen molar-refractivity contribution in [1.82, 2.24) is 4.98 Å². The Morgan fingerprint density at radius 3 is 2.52 bits per heavy atom. The first-order valence-corrected chi connectivity index (χ1v) is 6.54. The molecular weight excluding hydrogens is 266 g/mol. The summed E-state index contributed by atoms with van der Waals surface area (Å²) in [5, 5.41) is 10.7. The molecule has 0 amide bonds. The minimum absolute atomic E-state index is 0.0169. The van der Waals surface area contributed by atoms with Crippen molar-refractivity contribution in [2.45, 2.75) is 6.61 Å². The number of benzene rings is 2. The number of aromatic nitrogens is 1. The lowest BCUT2D eigenvalue weighted by Crippen LogP contribution is -2.04. The average molecular weight is 279 g/mol. The van der Waals surface area contributed by atoms with Crippen LogP contribution in [0.1, 0.15) is 16.1 Å². The van der Waals surface area contributed by atoms with Crippen LogP contribution in [0.4, 0.5) is 0 Å². The Balaban J connectivity index is 1.98. The van der Waals surface area contributed by atoms with Gasteiger partial charge in [-0.25, -0.2) is 9.78 Å². The van der Waals surface area contributed by atoms with Crippen molar-refractivity contribution in [3.05, 3.63) is 71.9 Å². The van der Waals surface area contributed by atoms with Crippen molar-refractivity contribution in [3.8, 4) is 5.88 Å². The third-order valence-electron chi connectivity index (χ3n) is 3.14. The van der Waals surface area contributed by atoms with Crippen LogP contribution in [0.2, 0.25) is 0 Å². The van der Waals surface area contributed by atoms with Gasteiger partial charge in [0.15, 0.2) is 5.69 Å². The van der Waals surface area contributed by atoms with E-state index in [-0.39, 0.29) is 5.69 Å². The second kappa shape index (κ2) is 5.63. The van der Waals surface area contributed by atoms with Gasteiger partial charge in [0.25, 0.3) is 0 Å². The predicted octanol–water partition coefficient (Wildman–Crippen LogP) is 3.51. The Morgan fingerprint density at radius 1 is 1.05 bits per heavy atom. The van der Waals surface area contributed by atoms with Gasteiger partial charge in [0.1, 0.15) is 6.61 Å². The third-order valence-corrected chi connectivity index (χ3v) is 3.14. The zero-order chi connectivity index (χ0) is 14.7. The first-order chi connectivity index (χ1) is 10.2. The standard InChI is InChI=1S/C17H13NO3/c19-17(20)15-10-13-8-4-5-9-14(13)16(18-15)21-11-12-6-2-1-3-7-12/h1-10H,11H2,(H,19,20). The van der Waals surface area contributed by atoms with Gasteiger partial charge in [-0.1, -0.05) is 48.5 Å². The van der Waals surface area contributed by atoms with Gasteiger partial charge >= 0.3 is 5.97 Å². The topological polar surface area (TPSA) is 59.4 Å². The van der Waals surface area contributed by atoms with Crippen molar-refractivity contribution in [1.29, 1.82) is 0 Å². The summed E-state index contributed by atoms with van der Waals surface area (Å²) in [4.78, 5) is 15.2. The van der Waals surface area contributed by atoms with Crippen molar-refractivity contribution >= 4 is 16.7 Å². The van der Waals surface area contributed by atoms with E-state index in [2.05, 4.69) is 4.98 Å². The van der Waals surface area contributed by atoms with E-state index in [1.807, 2.05) is 54.6 Å². The summed E-state index contributed by atoms with van der Waals surface area (Å²) in [7, 11) is 0. The number of ether oxygens (including phenoxy) is 1. The first-order valence-electron chi connectivity index (χ1n) is 6.54. The highest BCUT2D eigenvalue weighted by Gasteiger charge is 2.11. The van der Waals surface area contributed by atoms with Crippen LogP contribution >= 0.6 is 0 Å². The van der Waals surface area contributed by atoms with Crippen LogP contribution in [0.3, 0.4) is 0 Å². The highest BCUT2D eigenvalue weighted by Crippen LogP contribution is 2.25. The molecule has 21 heavy (non-hydrogen) atoms. The quantitative estimate of drug-likeness (QED) is 0.794. The predicted molar refractivity (Wildman–Crippen MR) is 79.5 cm³/mol. The minimum atomic E-state index is -1.06. The van der Waals surface area contributed by atoms with Gasteiger partial charge in [0.2, 0.25) is 5.88 Å². The van der Waals surface area contributed by atoms with Crippen LogP contribution < -0.4 is 4.74 Å². The lowest BCUT2D eigenvalue weighted by molar-refractivity contribution is 0.0689. The highest BCUT2D eigenvalue weighted by atomic mass is 16.5. The van der Waals surface area contributed by atoms with E-state index in [9.17, 15) is 4.79 Å². The Morgan fingerprint density at radius 2 is 1.76 bits per heavy atom. The molecule has 0 aliphatic carbocycles. The molecule has 0 fully saturated rings. The summed E-state index contributed by atoms with van der Waals surface area (Å²) in [6.45, 7) is 0.348. The molecule has 0 atom stereocenters. The number of nitrogens with zero attached hydrogens (tertiary/aromatic N) is 1. The van der Waals surface area contributed by atoms with Crippen molar-refractivity contribution in [3.63, 3.8) is 0 Å². The second-order valence-corrected chi connectivity index (χ2v) is 4.61. The number of carbonyl (C=O) groups is 1. The van der Waals surface area contributed by atoms with E-state index < -0.39 is 5.97 Å². The molecular formula is C17H13NO3. The third kappa shape index (κ3) is 2.84. The molecule has 2 aromatic carbocycles. The number of aromatic carboxylic acids is 1. The van der Waals surface area contributed by atoms with E-state index in [0.29, 0.717) is 12.5 Å². The number of carboxylic acids is 1. The maximum absolute atomic E-state index is 11.2. The van der Waals surface area contributed by atoms with Crippen LogP contribution in [0.25, 0.3) is 10.8 Å². The molecule has 0 aliphatic heterocycles. The molecule has 4 heteroatoms. The zero-order valence-corrected chi connectivity index (χ0v) is 11.2. The largest absolute Gasteiger partial charge is 0.477 e. The Kier molecular flexibility index (Phi) is 3.51. The van der Waals surface area contributed by atoms with Crippen LogP contribution in [-0.4, -0.2) is 16.1 Å². The SMILES string of the molecule is O=C(O)c1cc2ccccc2c(OCc2ccccc2)n1. The average Bonchev–Trinajstić information content (AvgIpc) is 2.53. The van der Waals surface area contributed by atoms with E-state index >= 15 is 0 Å². The highest BCUT2D eigenvalue weighted by molar-refractivity contribution is 5.94. The summed E-state index contributed by atoms with van der Waals surface area (Å²) in [5.74, 6) is -0.723. The number of hydrogen-bond donors (Lipinski definition) is 1. The Bertz CT molecular complexity index is 784. The van der Waals surface area contributed by atoms with Gasteiger partial charge in [0, 0.05) is 5.39 Å². The molecule has 4 nitrogen and oxygen atoms in total. The fraction of sp³-hybridized carbons (Fsp3) is 0.0588. The second-order valence-electron chi connectivity index (χ2n) is 4.61. The van der Waals surface area contributed by atoms with Crippen LogP contribution in [0.5, 0.6) is 5.88 Å². The molecule has 1 heterocycles.